The Morgan fingerprint density at radius 1 is 1.12 bits per heavy atom. The minimum absolute atomic E-state index is 0.109. The van der Waals surface area contributed by atoms with Crippen molar-refractivity contribution in [2.45, 2.75) is 32.9 Å². The van der Waals surface area contributed by atoms with Crippen molar-refractivity contribution >= 4 is 5.91 Å². The first-order chi connectivity index (χ1) is 12.1. The molecule has 1 aliphatic heterocycles. The molecule has 0 aromatic heterocycles. The Balaban J connectivity index is 1.52. The van der Waals surface area contributed by atoms with Crippen molar-refractivity contribution in [2.75, 3.05) is 13.1 Å². The first-order valence-electron chi connectivity index (χ1n) is 8.94. The summed E-state index contributed by atoms with van der Waals surface area (Å²) in [6.07, 6.45) is 2.59. The standard InChI is InChI=1S/C21H25FN2O/c1-16-3-2-12-24(14-16)15-18-4-8-19(9-5-18)21(25)23-13-17-6-10-20(22)11-7-17/h4-11,16H,2-3,12-15H2,1H3,(H,23,25)/t16-/m1/s1. The molecular weight excluding hydrogens is 315 g/mol. The van der Waals surface area contributed by atoms with Crippen molar-refractivity contribution in [2.24, 2.45) is 5.92 Å². The normalized spacial score (nSPS) is 18.1. The number of carbonyl (C=O) groups is 1. The van der Waals surface area contributed by atoms with Gasteiger partial charge in [0.15, 0.2) is 0 Å². The van der Waals surface area contributed by atoms with Crippen LogP contribution in [0.15, 0.2) is 48.5 Å². The highest BCUT2D eigenvalue weighted by Gasteiger charge is 2.16. The quantitative estimate of drug-likeness (QED) is 0.893. The number of hydrogen-bond acceptors (Lipinski definition) is 2. The third-order valence-electron chi connectivity index (χ3n) is 4.73. The Kier molecular flexibility index (Phi) is 5.82. The van der Waals surface area contributed by atoms with Crippen molar-refractivity contribution in [3.05, 3.63) is 71.0 Å². The molecule has 0 unspecified atom stereocenters. The van der Waals surface area contributed by atoms with Crippen LogP contribution in [0.1, 0.15) is 41.3 Å². The number of hydrogen-bond donors (Lipinski definition) is 1. The van der Waals surface area contributed by atoms with Gasteiger partial charge in [0.05, 0.1) is 0 Å². The number of nitrogens with zero attached hydrogens (tertiary/aromatic N) is 1. The van der Waals surface area contributed by atoms with Gasteiger partial charge in [-0.15, -0.1) is 0 Å². The molecule has 0 spiro atoms. The van der Waals surface area contributed by atoms with Crippen LogP contribution in [0.4, 0.5) is 4.39 Å². The summed E-state index contributed by atoms with van der Waals surface area (Å²) in [5, 5.41) is 2.87. The molecule has 0 saturated carbocycles. The van der Waals surface area contributed by atoms with Crippen LogP contribution in [0, 0.1) is 11.7 Å². The van der Waals surface area contributed by atoms with Crippen LogP contribution in [0.25, 0.3) is 0 Å². The summed E-state index contributed by atoms with van der Waals surface area (Å²) in [6, 6.07) is 14.0. The highest BCUT2D eigenvalue weighted by atomic mass is 19.1. The number of piperidine rings is 1. The van der Waals surface area contributed by atoms with Crippen LogP contribution in [0.5, 0.6) is 0 Å². The summed E-state index contributed by atoms with van der Waals surface area (Å²) in [4.78, 5) is 14.7. The van der Waals surface area contributed by atoms with E-state index in [1.54, 1.807) is 12.1 Å². The molecular formula is C21H25FN2O. The minimum Gasteiger partial charge on any atom is -0.348 e. The summed E-state index contributed by atoms with van der Waals surface area (Å²) in [6.45, 7) is 5.96. The van der Waals surface area contributed by atoms with Gasteiger partial charge in [0.2, 0.25) is 0 Å². The van der Waals surface area contributed by atoms with E-state index in [9.17, 15) is 9.18 Å². The van der Waals surface area contributed by atoms with Crippen LogP contribution < -0.4 is 5.32 Å². The van der Waals surface area contributed by atoms with Crippen LogP contribution in [-0.2, 0) is 13.1 Å². The molecule has 3 rings (SSSR count). The molecule has 2 aromatic carbocycles. The van der Waals surface area contributed by atoms with E-state index in [1.165, 1.54) is 30.5 Å². The van der Waals surface area contributed by atoms with Crippen LogP contribution in [-0.4, -0.2) is 23.9 Å². The lowest BCUT2D eigenvalue weighted by Gasteiger charge is -2.30. The van der Waals surface area contributed by atoms with Gasteiger partial charge >= 0.3 is 0 Å². The third-order valence-corrected chi connectivity index (χ3v) is 4.73. The van der Waals surface area contributed by atoms with Crippen LogP contribution in [0.2, 0.25) is 0 Å². The van der Waals surface area contributed by atoms with E-state index >= 15 is 0 Å². The first kappa shape index (κ1) is 17.6. The SMILES string of the molecule is C[C@@H]1CCCN(Cc2ccc(C(=O)NCc3ccc(F)cc3)cc2)C1. The van der Waals surface area contributed by atoms with Crippen LogP contribution >= 0.6 is 0 Å². The highest BCUT2D eigenvalue weighted by molar-refractivity contribution is 5.94. The number of likely N-dealkylation sites (tertiary alicyclic amines) is 1. The molecule has 1 aliphatic rings. The topological polar surface area (TPSA) is 32.3 Å². The Morgan fingerprint density at radius 2 is 1.80 bits per heavy atom. The largest absolute Gasteiger partial charge is 0.348 e. The second-order valence-corrected chi connectivity index (χ2v) is 6.99. The van der Waals surface area contributed by atoms with E-state index in [1.807, 2.05) is 24.3 Å². The molecule has 25 heavy (non-hydrogen) atoms. The number of nitrogens with one attached hydrogen (secondary N) is 1. The number of rotatable bonds is 5. The summed E-state index contributed by atoms with van der Waals surface area (Å²) < 4.78 is 12.9. The molecule has 1 amide bonds. The fourth-order valence-electron chi connectivity index (χ4n) is 3.34. The molecule has 132 valence electrons. The highest BCUT2D eigenvalue weighted by Crippen LogP contribution is 2.18. The van der Waals surface area contributed by atoms with E-state index in [0.29, 0.717) is 12.1 Å². The zero-order chi connectivity index (χ0) is 17.6. The van der Waals surface area contributed by atoms with Gasteiger partial charge in [0, 0.05) is 25.2 Å². The average Bonchev–Trinajstić information content (AvgIpc) is 2.62. The zero-order valence-corrected chi connectivity index (χ0v) is 14.7. The Hall–Kier alpha value is -2.20. The van der Waals surface area contributed by atoms with Gasteiger partial charge < -0.3 is 5.32 Å². The summed E-state index contributed by atoms with van der Waals surface area (Å²) >= 11 is 0. The maximum Gasteiger partial charge on any atom is 0.251 e. The van der Waals surface area contributed by atoms with Gasteiger partial charge in [0.1, 0.15) is 5.82 Å². The number of carbonyl (C=O) groups excluding carboxylic acids is 1. The van der Waals surface area contributed by atoms with Crippen molar-refractivity contribution in [1.29, 1.82) is 0 Å². The lowest BCUT2D eigenvalue weighted by Crippen LogP contribution is -2.33. The third kappa shape index (κ3) is 5.13. The van der Waals surface area contributed by atoms with Crippen LogP contribution in [0.3, 0.4) is 0 Å². The fourth-order valence-corrected chi connectivity index (χ4v) is 3.34. The smallest absolute Gasteiger partial charge is 0.251 e. The van der Waals surface area contributed by atoms with Gasteiger partial charge in [-0.1, -0.05) is 31.2 Å². The number of benzene rings is 2. The van der Waals surface area contributed by atoms with Crippen molar-refractivity contribution in [3.8, 4) is 0 Å². The second kappa shape index (κ2) is 8.26. The van der Waals surface area contributed by atoms with Gasteiger partial charge in [-0.05, 0) is 60.7 Å². The van der Waals surface area contributed by atoms with E-state index in [-0.39, 0.29) is 11.7 Å². The zero-order valence-electron chi connectivity index (χ0n) is 14.7. The molecule has 1 fully saturated rings. The van der Waals surface area contributed by atoms with E-state index in [0.717, 1.165) is 31.1 Å². The molecule has 3 nitrogen and oxygen atoms in total. The van der Waals surface area contributed by atoms with Crippen molar-refractivity contribution < 1.29 is 9.18 Å². The Bertz CT molecular complexity index is 697. The summed E-state index contributed by atoms with van der Waals surface area (Å²) in [7, 11) is 0. The minimum atomic E-state index is -0.270. The molecule has 1 N–H and O–H groups in total. The molecule has 1 atom stereocenters. The monoisotopic (exact) mass is 340 g/mol. The molecule has 1 saturated heterocycles. The molecule has 0 radical (unpaired) electrons. The van der Waals surface area contributed by atoms with E-state index in [2.05, 4.69) is 17.1 Å². The molecule has 0 aliphatic carbocycles. The number of halogens is 1. The van der Waals surface area contributed by atoms with Gasteiger partial charge in [-0.3, -0.25) is 9.69 Å². The predicted octanol–water partition coefficient (Wildman–Crippen LogP) is 3.99. The van der Waals surface area contributed by atoms with Gasteiger partial charge in [-0.2, -0.15) is 0 Å². The fraction of sp³-hybridized carbons (Fsp3) is 0.381. The summed E-state index contributed by atoms with van der Waals surface area (Å²) in [5.74, 6) is 0.390. The van der Waals surface area contributed by atoms with Crippen molar-refractivity contribution in [1.82, 2.24) is 10.2 Å². The Labute approximate surface area is 148 Å². The van der Waals surface area contributed by atoms with E-state index in [4.69, 9.17) is 0 Å². The molecule has 1 heterocycles. The maximum atomic E-state index is 12.9. The predicted molar refractivity (Wildman–Crippen MR) is 97.7 cm³/mol. The number of amides is 1. The average molecular weight is 340 g/mol. The lowest BCUT2D eigenvalue weighted by atomic mass is 9.99. The molecule has 4 heteroatoms. The van der Waals surface area contributed by atoms with E-state index < -0.39 is 0 Å². The lowest BCUT2D eigenvalue weighted by molar-refractivity contribution is 0.0951. The van der Waals surface area contributed by atoms with Gasteiger partial charge in [-0.25, -0.2) is 4.39 Å². The second-order valence-electron chi connectivity index (χ2n) is 6.99. The Morgan fingerprint density at radius 3 is 2.48 bits per heavy atom. The van der Waals surface area contributed by atoms with Crippen molar-refractivity contribution in [3.63, 3.8) is 0 Å². The molecule has 2 aromatic rings. The van der Waals surface area contributed by atoms with Gasteiger partial charge in [0.25, 0.3) is 5.91 Å². The molecule has 0 bridgehead atoms. The maximum absolute atomic E-state index is 12.9. The summed E-state index contributed by atoms with van der Waals surface area (Å²) in [5.41, 5.74) is 2.77. The first-order valence-corrected chi connectivity index (χ1v) is 8.94.